The molecule has 0 bridgehead atoms. The molecule has 0 amide bonds. The van der Waals surface area contributed by atoms with Gasteiger partial charge in [-0.15, -0.1) is 0 Å². The van der Waals surface area contributed by atoms with Crippen molar-refractivity contribution in [2.24, 2.45) is 17.8 Å². The molecule has 3 rings (SSSR count). The van der Waals surface area contributed by atoms with Gasteiger partial charge in [0.25, 0.3) is 0 Å². The fourth-order valence-electron chi connectivity index (χ4n) is 4.61. The Labute approximate surface area is 122 Å². The smallest absolute Gasteiger partial charge is 0.124 e. The molecule has 20 heavy (non-hydrogen) atoms. The quantitative estimate of drug-likeness (QED) is 0.895. The molecule has 1 aromatic rings. The van der Waals surface area contributed by atoms with Crippen molar-refractivity contribution < 1.29 is 4.74 Å². The van der Waals surface area contributed by atoms with Crippen LogP contribution < -0.4 is 10.1 Å². The first-order chi connectivity index (χ1) is 9.67. The van der Waals surface area contributed by atoms with Crippen LogP contribution in [-0.4, -0.2) is 14.2 Å². The van der Waals surface area contributed by atoms with Crippen molar-refractivity contribution in [2.45, 2.75) is 45.6 Å². The monoisotopic (exact) mass is 273 g/mol. The summed E-state index contributed by atoms with van der Waals surface area (Å²) in [7, 11) is 3.88. The van der Waals surface area contributed by atoms with E-state index in [-0.39, 0.29) is 0 Å². The highest BCUT2D eigenvalue weighted by Crippen LogP contribution is 2.60. The number of hydrogen-bond acceptors (Lipinski definition) is 2. The Balaban J connectivity index is 1.87. The van der Waals surface area contributed by atoms with Gasteiger partial charge >= 0.3 is 0 Å². The van der Waals surface area contributed by atoms with Gasteiger partial charge in [0, 0.05) is 6.04 Å². The molecule has 2 aliphatic carbocycles. The van der Waals surface area contributed by atoms with Crippen molar-refractivity contribution in [1.82, 2.24) is 5.32 Å². The summed E-state index contributed by atoms with van der Waals surface area (Å²) in [6, 6.07) is 5.15. The van der Waals surface area contributed by atoms with E-state index in [1.54, 1.807) is 7.11 Å². The van der Waals surface area contributed by atoms with Gasteiger partial charge in [-0.3, -0.25) is 0 Å². The topological polar surface area (TPSA) is 21.3 Å². The van der Waals surface area contributed by atoms with E-state index in [9.17, 15) is 0 Å². The third kappa shape index (κ3) is 2.24. The zero-order valence-corrected chi connectivity index (χ0v) is 13.2. The molecule has 0 spiro atoms. The third-order valence-electron chi connectivity index (χ3n) is 5.46. The molecule has 2 nitrogen and oxygen atoms in total. The molecule has 0 aliphatic heterocycles. The Kier molecular flexibility index (Phi) is 3.76. The van der Waals surface area contributed by atoms with Crippen LogP contribution in [0.25, 0.3) is 0 Å². The second-order valence-electron chi connectivity index (χ2n) is 6.64. The summed E-state index contributed by atoms with van der Waals surface area (Å²) in [5.74, 6) is 3.85. The number of benzene rings is 1. The van der Waals surface area contributed by atoms with E-state index < -0.39 is 0 Å². The van der Waals surface area contributed by atoms with Gasteiger partial charge in [-0.1, -0.05) is 25.0 Å². The lowest BCUT2D eigenvalue weighted by Crippen LogP contribution is -2.20. The number of rotatable bonds is 4. The van der Waals surface area contributed by atoms with Crippen molar-refractivity contribution in [3.05, 3.63) is 28.8 Å². The zero-order chi connectivity index (χ0) is 14.3. The Bertz CT molecular complexity index is 461. The average Bonchev–Trinajstić information content (AvgIpc) is 3.14. The summed E-state index contributed by atoms with van der Waals surface area (Å²) in [4.78, 5) is 0. The molecular weight excluding hydrogens is 246 g/mol. The number of ether oxygens (including phenoxy) is 1. The van der Waals surface area contributed by atoms with Crippen LogP contribution in [0.5, 0.6) is 5.75 Å². The fourth-order valence-corrected chi connectivity index (χ4v) is 4.61. The molecule has 0 saturated heterocycles. The standard InChI is InChI=1S/C18H27NO/c1-11-9-13(10-12(2)18(11)20-4)17(19-3)16-14-7-5-6-8-15(14)16/h9-10,14-17,19H,5-8H2,1-4H3. The lowest BCUT2D eigenvalue weighted by atomic mass is 9.95. The number of nitrogens with one attached hydrogen (secondary N) is 1. The highest BCUT2D eigenvalue weighted by Gasteiger charge is 2.54. The molecule has 3 atom stereocenters. The number of methoxy groups -OCH3 is 1. The van der Waals surface area contributed by atoms with E-state index in [0.29, 0.717) is 6.04 Å². The van der Waals surface area contributed by atoms with Gasteiger partial charge in [-0.2, -0.15) is 0 Å². The zero-order valence-electron chi connectivity index (χ0n) is 13.2. The minimum atomic E-state index is 0.520. The Hall–Kier alpha value is -1.02. The Morgan fingerprint density at radius 2 is 1.65 bits per heavy atom. The number of fused-ring (bicyclic) bond motifs is 1. The molecule has 0 aromatic heterocycles. The molecule has 2 aliphatic rings. The maximum Gasteiger partial charge on any atom is 0.124 e. The largest absolute Gasteiger partial charge is 0.496 e. The number of hydrogen-bond donors (Lipinski definition) is 1. The average molecular weight is 273 g/mol. The SMILES string of the molecule is CNC(c1cc(C)c(OC)c(C)c1)C1C2CCCCC21. The lowest BCUT2D eigenvalue weighted by Gasteiger charge is -2.20. The highest BCUT2D eigenvalue weighted by atomic mass is 16.5. The van der Waals surface area contributed by atoms with Crippen LogP contribution >= 0.6 is 0 Å². The molecule has 0 heterocycles. The maximum absolute atomic E-state index is 5.49. The summed E-state index contributed by atoms with van der Waals surface area (Å²) >= 11 is 0. The second-order valence-corrected chi connectivity index (χ2v) is 6.64. The van der Waals surface area contributed by atoms with Gasteiger partial charge in [-0.25, -0.2) is 0 Å². The van der Waals surface area contributed by atoms with Crippen LogP contribution in [0.4, 0.5) is 0 Å². The van der Waals surface area contributed by atoms with E-state index in [1.807, 2.05) is 0 Å². The Morgan fingerprint density at radius 3 is 2.10 bits per heavy atom. The first-order valence-corrected chi connectivity index (χ1v) is 7.99. The van der Waals surface area contributed by atoms with Crippen LogP contribution in [0, 0.1) is 31.6 Å². The molecule has 2 fully saturated rings. The molecule has 2 heteroatoms. The van der Waals surface area contributed by atoms with Gasteiger partial charge < -0.3 is 10.1 Å². The van der Waals surface area contributed by atoms with Crippen molar-refractivity contribution in [3.8, 4) is 5.75 Å². The van der Waals surface area contributed by atoms with Gasteiger partial charge in [-0.05, 0) is 68.2 Å². The summed E-state index contributed by atoms with van der Waals surface area (Å²) in [5.41, 5.74) is 3.96. The van der Waals surface area contributed by atoms with Crippen LogP contribution in [0.15, 0.2) is 12.1 Å². The third-order valence-corrected chi connectivity index (χ3v) is 5.46. The summed E-state index contributed by atoms with van der Waals surface area (Å²) in [6.07, 6.45) is 5.77. The van der Waals surface area contributed by atoms with Crippen molar-refractivity contribution in [1.29, 1.82) is 0 Å². The first kappa shape index (κ1) is 13.9. The van der Waals surface area contributed by atoms with E-state index in [2.05, 4.69) is 38.3 Å². The first-order valence-electron chi connectivity index (χ1n) is 7.99. The molecule has 0 radical (unpaired) electrons. The molecule has 1 aromatic carbocycles. The summed E-state index contributed by atoms with van der Waals surface area (Å²) in [5, 5.41) is 3.59. The normalized spacial score (nSPS) is 29.7. The minimum Gasteiger partial charge on any atom is -0.496 e. The molecular formula is C18H27NO. The maximum atomic E-state index is 5.49. The minimum absolute atomic E-state index is 0.520. The van der Waals surface area contributed by atoms with Gasteiger partial charge in [0.05, 0.1) is 7.11 Å². The lowest BCUT2D eigenvalue weighted by molar-refractivity contribution is 0.407. The van der Waals surface area contributed by atoms with E-state index >= 15 is 0 Å². The number of aryl methyl sites for hydroxylation is 2. The summed E-state index contributed by atoms with van der Waals surface area (Å²) < 4.78 is 5.49. The highest BCUT2D eigenvalue weighted by molar-refractivity contribution is 5.44. The summed E-state index contributed by atoms with van der Waals surface area (Å²) in [6.45, 7) is 4.31. The van der Waals surface area contributed by atoms with E-state index in [0.717, 1.165) is 23.5 Å². The van der Waals surface area contributed by atoms with Gasteiger partial charge in [0.15, 0.2) is 0 Å². The van der Waals surface area contributed by atoms with Crippen LogP contribution in [0.1, 0.15) is 48.4 Å². The molecule has 110 valence electrons. The molecule has 3 unspecified atom stereocenters. The Morgan fingerprint density at radius 1 is 1.10 bits per heavy atom. The van der Waals surface area contributed by atoms with Crippen LogP contribution in [0.2, 0.25) is 0 Å². The van der Waals surface area contributed by atoms with Crippen molar-refractivity contribution in [2.75, 3.05) is 14.2 Å². The van der Waals surface area contributed by atoms with Crippen LogP contribution in [-0.2, 0) is 0 Å². The van der Waals surface area contributed by atoms with Gasteiger partial charge in [0.1, 0.15) is 5.75 Å². The predicted molar refractivity (Wildman–Crippen MR) is 83.2 cm³/mol. The fraction of sp³-hybridized carbons (Fsp3) is 0.667. The van der Waals surface area contributed by atoms with Gasteiger partial charge in [0.2, 0.25) is 0 Å². The van der Waals surface area contributed by atoms with Crippen molar-refractivity contribution in [3.63, 3.8) is 0 Å². The predicted octanol–water partition coefficient (Wildman–Crippen LogP) is 4.01. The van der Waals surface area contributed by atoms with Crippen molar-refractivity contribution >= 4 is 0 Å². The van der Waals surface area contributed by atoms with E-state index in [4.69, 9.17) is 4.74 Å². The molecule has 2 saturated carbocycles. The second kappa shape index (κ2) is 5.40. The van der Waals surface area contributed by atoms with Crippen LogP contribution in [0.3, 0.4) is 0 Å². The van der Waals surface area contributed by atoms with E-state index in [1.165, 1.54) is 42.4 Å². The molecule has 1 N–H and O–H groups in total.